The summed E-state index contributed by atoms with van der Waals surface area (Å²) in [6.45, 7) is 0.421. The third-order valence-electron chi connectivity index (χ3n) is 3.27. The van der Waals surface area contributed by atoms with Gasteiger partial charge in [0.2, 0.25) is 0 Å². The molecule has 2 aromatic rings. The van der Waals surface area contributed by atoms with E-state index in [0.717, 1.165) is 22.3 Å². The second kappa shape index (κ2) is 5.26. The summed E-state index contributed by atoms with van der Waals surface area (Å²) in [5.41, 5.74) is 0.670. The van der Waals surface area contributed by atoms with Gasteiger partial charge in [-0.1, -0.05) is 28.1 Å². The van der Waals surface area contributed by atoms with Crippen molar-refractivity contribution in [2.45, 2.75) is 12.3 Å². The Balaban J connectivity index is 1.88. The zero-order chi connectivity index (χ0) is 15.0. The minimum atomic E-state index is -4.35. The Labute approximate surface area is 128 Å². The van der Waals surface area contributed by atoms with E-state index in [0.29, 0.717) is 17.9 Å². The zero-order valence-corrected chi connectivity index (χ0v) is 12.3. The van der Waals surface area contributed by atoms with Crippen molar-refractivity contribution in [3.8, 4) is 5.75 Å². The molecule has 1 heterocycles. The number of hydrogen-bond donors (Lipinski definition) is 1. The molecule has 1 unspecified atom stereocenters. The number of alkyl halides is 3. The van der Waals surface area contributed by atoms with Crippen molar-refractivity contribution in [3.05, 3.63) is 58.1 Å². The van der Waals surface area contributed by atoms with E-state index in [-0.39, 0.29) is 0 Å². The van der Waals surface area contributed by atoms with Crippen molar-refractivity contribution in [3.63, 3.8) is 0 Å². The molecule has 0 saturated heterocycles. The molecule has 2 aromatic carbocycles. The van der Waals surface area contributed by atoms with Gasteiger partial charge in [-0.3, -0.25) is 0 Å². The summed E-state index contributed by atoms with van der Waals surface area (Å²) >= 11 is 3.36. The van der Waals surface area contributed by atoms with Crippen molar-refractivity contribution < 1.29 is 17.9 Å². The maximum Gasteiger partial charge on any atom is 0.416 e. The van der Waals surface area contributed by atoms with Gasteiger partial charge in [0, 0.05) is 4.47 Å². The van der Waals surface area contributed by atoms with Crippen molar-refractivity contribution >= 4 is 21.6 Å². The van der Waals surface area contributed by atoms with Crippen LogP contribution in [0.5, 0.6) is 5.75 Å². The molecule has 6 heteroatoms. The molecule has 0 aliphatic carbocycles. The number of benzene rings is 2. The summed E-state index contributed by atoms with van der Waals surface area (Å²) in [6.07, 6.45) is -4.79. The molecule has 0 bridgehead atoms. The van der Waals surface area contributed by atoms with Crippen molar-refractivity contribution in [1.29, 1.82) is 0 Å². The summed E-state index contributed by atoms with van der Waals surface area (Å²) in [5.74, 6) is 0.631. The molecule has 3 rings (SSSR count). The van der Waals surface area contributed by atoms with Gasteiger partial charge >= 0.3 is 6.18 Å². The highest BCUT2D eigenvalue weighted by molar-refractivity contribution is 9.10. The standard InChI is InChI=1S/C15H11BrF3NO/c16-11-4-5-13-12(7-11)20-8-14(21-13)9-2-1-3-10(6-9)15(17,18)19/h1-7,14,20H,8H2. The molecular formula is C15H11BrF3NO. The molecule has 1 N–H and O–H groups in total. The smallest absolute Gasteiger partial charge is 0.416 e. The van der Waals surface area contributed by atoms with Crippen LogP contribution in [-0.2, 0) is 6.18 Å². The number of anilines is 1. The van der Waals surface area contributed by atoms with Crippen LogP contribution in [0.1, 0.15) is 17.2 Å². The van der Waals surface area contributed by atoms with Crippen LogP contribution in [0, 0.1) is 0 Å². The summed E-state index contributed by atoms with van der Waals surface area (Å²) in [5, 5.41) is 3.17. The van der Waals surface area contributed by atoms with Crippen LogP contribution >= 0.6 is 15.9 Å². The lowest BCUT2D eigenvalue weighted by atomic mass is 10.0. The van der Waals surface area contributed by atoms with Crippen LogP contribution in [0.25, 0.3) is 0 Å². The second-order valence-corrected chi connectivity index (χ2v) is 5.67. The normalized spacial score (nSPS) is 17.6. The Kier molecular flexibility index (Phi) is 3.57. The molecule has 1 aliphatic heterocycles. The molecular weight excluding hydrogens is 347 g/mol. The van der Waals surface area contributed by atoms with E-state index in [1.165, 1.54) is 6.07 Å². The summed E-state index contributed by atoms with van der Waals surface area (Å²) < 4.78 is 45.0. The van der Waals surface area contributed by atoms with Gasteiger partial charge in [-0.25, -0.2) is 0 Å². The van der Waals surface area contributed by atoms with Gasteiger partial charge in [0.05, 0.1) is 17.8 Å². The van der Waals surface area contributed by atoms with Crippen LogP contribution in [0.3, 0.4) is 0 Å². The lowest BCUT2D eigenvalue weighted by Crippen LogP contribution is -2.24. The van der Waals surface area contributed by atoms with E-state index in [1.807, 2.05) is 12.1 Å². The first-order chi connectivity index (χ1) is 9.93. The van der Waals surface area contributed by atoms with Crippen molar-refractivity contribution in [2.75, 3.05) is 11.9 Å². The van der Waals surface area contributed by atoms with Crippen LogP contribution in [0.2, 0.25) is 0 Å². The number of hydrogen-bond acceptors (Lipinski definition) is 2. The fourth-order valence-corrected chi connectivity index (χ4v) is 2.60. The van der Waals surface area contributed by atoms with Gasteiger partial charge in [0.15, 0.2) is 0 Å². The largest absolute Gasteiger partial charge is 0.482 e. The Morgan fingerprint density at radius 1 is 1.14 bits per heavy atom. The van der Waals surface area contributed by atoms with Crippen LogP contribution in [0.4, 0.5) is 18.9 Å². The number of nitrogens with one attached hydrogen (secondary N) is 1. The van der Waals surface area contributed by atoms with Crippen LogP contribution < -0.4 is 10.1 Å². The fraction of sp³-hybridized carbons (Fsp3) is 0.200. The SMILES string of the molecule is FC(F)(F)c1cccc(C2CNc3cc(Br)ccc3O2)c1. The van der Waals surface area contributed by atoms with Crippen molar-refractivity contribution in [2.24, 2.45) is 0 Å². The highest BCUT2D eigenvalue weighted by atomic mass is 79.9. The van der Waals surface area contributed by atoms with E-state index in [1.54, 1.807) is 12.1 Å². The maximum atomic E-state index is 12.8. The highest BCUT2D eigenvalue weighted by Gasteiger charge is 2.31. The molecule has 0 fully saturated rings. The fourth-order valence-electron chi connectivity index (χ4n) is 2.24. The van der Waals surface area contributed by atoms with Gasteiger partial charge in [-0.05, 0) is 35.9 Å². The Morgan fingerprint density at radius 3 is 2.71 bits per heavy atom. The third-order valence-corrected chi connectivity index (χ3v) is 3.77. The molecule has 0 spiro atoms. The van der Waals surface area contributed by atoms with Gasteiger partial charge in [-0.2, -0.15) is 13.2 Å². The molecule has 2 nitrogen and oxygen atoms in total. The number of halogens is 4. The Bertz CT molecular complexity index is 672. The first kappa shape index (κ1) is 14.3. The molecule has 0 radical (unpaired) electrons. The Hall–Kier alpha value is -1.69. The average Bonchev–Trinajstić information content (AvgIpc) is 2.46. The summed E-state index contributed by atoms with van der Waals surface area (Å²) in [7, 11) is 0. The predicted octanol–water partition coefficient (Wildman–Crippen LogP) is 5.01. The molecule has 1 aliphatic rings. The minimum absolute atomic E-state index is 0.421. The number of ether oxygens (including phenoxy) is 1. The zero-order valence-electron chi connectivity index (χ0n) is 10.7. The molecule has 1 atom stereocenters. The van der Waals surface area contributed by atoms with Crippen LogP contribution in [-0.4, -0.2) is 6.54 Å². The lowest BCUT2D eigenvalue weighted by Gasteiger charge is -2.28. The van der Waals surface area contributed by atoms with E-state index in [2.05, 4.69) is 21.2 Å². The monoisotopic (exact) mass is 357 g/mol. The van der Waals surface area contributed by atoms with E-state index >= 15 is 0 Å². The lowest BCUT2D eigenvalue weighted by molar-refractivity contribution is -0.137. The predicted molar refractivity (Wildman–Crippen MR) is 77.4 cm³/mol. The first-order valence-corrected chi connectivity index (χ1v) is 7.10. The van der Waals surface area contributed by atoms with Crippen molar-refractivity contribution in [1.82, 2.24) is 0 Å². The third kappa shape index (κ3) is 3.00. The molecule has 0 amide bonds. The van der Waals surface area contributed by atoms with Gasteiger partial charge in [-0.15, -0.1) is 0 Å². The molecule has 110 valence electrons. The first-order valence-electron chi connectivity index (χ1n) is 6.31. The molecule has 0 aromatic heterocycles. The van der Waals surface area contributed by atoms with Gasteiger partial charge in [0.25, 0.3) is 0 Å². The van der Waals surface area contributed by atoms with Crippen LogP contribution in [0.15, 0.2) is 46.9 Å². The van der Waals surface area contributed by atoms with E-state index < -0.39 is 17.8 Å². The quantitative estimate of drug-likeness (QED) is 0.774. The minimum Gasteiger partial charge on any atom is -0.482 e. The summed E-state index contributed by atoms with van der Waals surface area (Å²) in [4.78, 5) is 0. The topological polar surface area (TPSA) is 21.3 Å². The van der Waals surface area contributed by atoms with Gasteiger partial charge in [0.1, 0.15) is 11.9 Å². The average molecular weight is 358 g/mol. The number of rotatable bonds is 1. The summed E-state index contributed by atoms with van der Waals surface area (Å²) in [6, 6.07) is 10.7. The molecule has 0 saturated carbocycles. The number of fused-ring (bicyclic) bond motifs is 1. The van der Waals surface area contributed by atoms with E-state index in [4.69, 9.17) is 4.74 Å². The van der Waals surface area contributed by atoms with E-state index in [9.17, 15) is 13.2 Å². The molecule has 21 heavy (non-hydrogen) atoms. The highest BCUT2D eigenvalue weighted by Crippen LogP contribution is 2.37. The maximum absolute atomic E-state index is 12.8. The second-order valence-electron chi connectivity index (χ2n) is 4.75. The van der Waals surface area contributed by atoms with Gasteiger partial charge < -0.3 is 10.1 Å². The Morgan fingerprint density at radius 2 is 1.95 bits per heavy atom.